The Labute approximate surface area is 301 Å². The highest BCUT2D eigenvalue weighted by Crippen LogP contribution is 2.54. The molecule has 2 saturated heterocycles. The summed E-state index contributed by atoms with van der Waals surface area (Å²) in [6.45, 7) is 7.17. The number of ether oxygens (including phenoxy) is 1. The van der Waals surface area contributed by atoms with Gasteiger partial charge in [-0.3, -0.25) is 14.3 Å². The van der Waals surface area contributed by atoms with Gasteiger partial charge in [0.2, 0.25) is 11.8 Å². The van der Waals surface area contributed by atoms with Crippen LogP contribution in [0.1, 0.15) is 84.5 Å². The maximum atomic E-state index is 14.0. The molecule has 278 valence electrons. The number of aromatic nitrogens is 2. The van der Waals surface area contributed by atoms with E-state index in [0.717, 1.165) is 23.1 Å². The number of nitrogens with zero attached hydrogens (tertiary/aromatic N) is 5. The van der Waals surface area contributed by atoms with E-state index in [1.807, 2.05) is 28.0 Å². The summed E-state index contributed by atoms with van der Waals surface area (Å²) in [6, 6.07) is 11.8. The minimum absolute atomic E-state index is 0.0173. The molecule has 4 aliphatic rings. The Hall–Kier alpha value is -4.43. The first-order chi connectivity index (χ1) is 24.8. The molecule has 11 nitrogen and oxygen atoms in total. The third kappa shape index (κ3) is 7.27. The van der Waals surface area contributed by atoms with Crippen molar-refractivity contribution >= 4 is 17.6 Å². The maximum absolute atomic E-state index is 14.0. The quantitative estimate of drug-likeness (QED) is 0.114. The molecule has 1 aromatic heterocycles. The summed E-state index contributed by atoms with van der Waals surface area (Å²) in [5.74, 6) is 2.56. The van der Waals surface area contributed by atoms with Gasteiger partial charge in [0, 0.05) is 68.0 Å². The monoisotopic (exact) mass is 720 g/mol. The highest BCUT2D eigenvalue weighted by molar-refractivity contribution is 6.00. The molecule has 4 fully saturated rings. The van der Waals surface area contributed by atoms with Crippen molar-refractivity contribution in [2.45, 2.75) is 70.9 Å². The van der Waals surface area contributed by atoms with Crippen molar-refractivity contribution in [1.82, 2.24) is 25.1 Å². The molecule has 3 aromatic rings. The first-order valence-electron chi connectivity index (χ1n) is 18.0. The zero-order valence-corrected chi connectivity index (χ0v) is 29.7. The van der Waals surface area contributed by atoms with Crippen LogP contribution >= 0.6 is 0 Å². The van der Waals surface area contributed by atoms with E-state index in [0.29, 0.717) is 63.3 Å². The lowest BCUT2D eigenvalue weighted by molar-refractivity contribution is -0.148. The number of carbonyl (C=O) groups is 2. The fraction of sp³-hybridized carbons (Fsp3) is 0.526. The number of benzene rings is 2. The minimum Gasteiger partial charge on any atom is -0.382 e. The number of amides is 2. The summed E-state index contributed by atoms with van der Waals surface area (Å²) >= 11 is 0. The third-order valence-corrected chi connectivity index (χ3v) is 11.7. The van der Waals surface area contributed by atoms with Crippen LogP contribution in [0.15, 0.2) is 60.0 Å². The van der Waals surface area contributed by atoms with Gasteiger partial charge in [0.1, 0.15) is 5.82 Å². The number of nitrogens with one attached hydrogen (secondary N) is 1. The number of halogens is 3. The fourth-order valence-corrected chi connectivity index (χ4v) is 8.46. The van der Waals surface area contributed by atoms with Crippen LogP contribution in [0, 0.1) is 28.5 Å². The second-order valence-corrected chi connectivity index (χ2v) is 15.9. The van der Waals surface area contributed by atoms with Crippen molar-refractivity contribution in [3.05, 3.63) is 88.5 Å². The number of likely N-dealkylation sites (tertiary alicyclic amines) is 2. The number of hydrogen-bond donors (Lipinski definition) is 3. The maximum Gasteiger partial charge on any atom is 0.257 e. The van der Waals surface area contributed by atoms with E-state index in [4.69, 9.17) is 16.3 Å². The summed E-state index contributed by atoms with van der Waals surface area (Å²) in [5.41, 5.74) is 11.9. The molecule has 3 heterocycles. The SMILES string of the molecule is CC1(C)CC1C(=O)N1CC2(CN(C(=O)c3cnn(Cc4ccc(F)cc4)c3)CC2COCc2cccc(C3CCC(F)(F)CC3)c2/C(N)=N/NN)C1. The molecule has 5 N–H and O–H groups in total. The van der Waals surface area contributed by atoms with Crippen molar-refractivity contribution in [2.75, 3.05) is 32.8 Å². The van der Waals surface area contributed by atoms with E-state index in [1.54, 1.807) is 29.2 Å². The molecular weight excluding hydrogens is 673 g/mol. The lowest BCUT2D eigenvalue weighted by Gasteiger charge is -2.51. The number of rotatable bonds is 11. The number of amidine groups is 1. The first-order valence-corrected chi connectivity index (χ1v) is 18.0. The van der Waals surface area contributed by atoms with Gasteiger partial charge in [-0.05, 0) is 59.4 Å². The van der Waals surface area contributed by atoms with Gasteiger partial charge in [0.15, 0.2) is 5.84 Å². The van der Waals surface area contributed by atoms with E-state index in [2.05, 4.69) is 29.6 Å². The number of hydrogen-bond acceptors (Lipinski definition) is 7. The normalized spacial score (nSPS) is 23.5. The van der Waals surface area contributed by atoms with Gasteiger partial charge in [-0.2, -0.15) is 5.10 Å². The average Bonchev–Trinajstić information content (AvgIpc) is 3.37. The van der Waals surface area contributed by atoms with Gasteiger partial charge >= 0.3 is 0 Å². The molecule has 14 heteroatoms. The molecule has 1 spiro atoms. The second-order valence-electron chi connectivity index (χ2n) is 15.9. The van der Waals surface area contributed by atoms with E-state index < -0.39 is 5.92 Å². The topological polar surface area (TPSA) is 144 Å². The van der Waals surface area contributed by atoms with Gasteiger partial charge in [0.05, 0.1) is 31.5 Å². The van der Waals surface area contributed by atoms with Gasteiger partial charge < -0.3 is 20.3 Å². The lowest BCUT2D eigenvalue weighted by Crippen LogP contribution is -2.63. The number of nitrogens with two attached hydrogens (primary N) is 2. The molecule has 2 atom stereocenters. The van der Waals surface area contributed by atoms with Crippen LogP contribution in [0.5, 0.6) is 0 Å². The van der Waals surface area contributed by atoms with Crippen LogP contribution in [0.25, 0.3) is 0 Å². The molecular formula is C38H47F3N8O3. The zero-order valence-electron chi connectivity index (χ0n) is 29.7. The van der Waals surface area contributed by atoms with Crippen LogP contribution in [0.3, 0.4) is 0 Å². The number of alkyl halides is 2. The molecule has 0 bridgehead atoms. The van der Waals surface area contributed by atoms with Gasteiger partial charge in [0.25, 0.3) is 5.91 Å². The van der Waals surface area contributed by atoms with Crippen molar-refractivity contribution in [3.8, 4) is 0 Å². The van der Waals surface area contributed by atoms with Crippen LogP contribution in [0.2, 0.25) is 0 Å². The van der Waals surface area contributed by atoms with Crippen molar-refractivity contribution in [2.24, 2.45) is 39.3 Å². The van der Waals surface area contributed by atoms with E-state index in [9.17, 15) is 22.8 Å². The Morgan fingerprint density at radius 3 is 2.42 bits per heavy atom. The molecule has 2 unspecified atom stereocenters. The minimum atomic E-state index is -2.66. The number of carbonyl (C=O) groups excluding carboxylic acids is 2. The summed E-state index contributed by atoms with van der Waals surface area (Å²) in [7, 11) is 0. The van der Waals surface area contributed by atoms with Crippen LogP contribution in [0.4, 0.5) is 13.2 Å². The highest BCUT2D eigenvalue weighted by Gasteiger charge is 2.60. The van der Waals surface area contributed by atoms with Gasteiger partial charge in [-0.15, -0.1) is 5.10 Å². The predicted octanol–water partition coefficient (Wildman–Crippen LogP) is 4.61. The molecule has 7 rings (SSSR count). The average molecular weight is 721 g/mol. The van der Waals surface area contributed by atoms with E-state index in [1.165, 1.54) is 12.1 Å². The predicted molar refractivity (Wildman–Crippen MR) is 188 cm³/mol. The molecule has 2 amide bonds. The van der Waals surface area contributed by atoms with Crippen LogP contribution in [-0.4, -0.2) is 75.9 Å². The summed E-state index contributed by atoms with van der Waals surface area (Å²) in [4.78, 5) is 30.9. The summed E-state index contributed by atoms with van der Waals surface area (Å²) in [5, 5.41) is 8.41. The van der Waals surface area contributed by atoms with Crippen molar-refractivity contribution < 1.29 is 27.5 Å². The standard InChI is InChI=1S/C38H47F3N8O3/c1-36(2)14-31(36)35(51)48-22-37(23-48)21-47(34(50)27-15-44-49(17-27)16-24-6-8-29(39)9-7-24)18-28(37)20-52-19-26-4-3-5-30(32(26)33(42)45-46-43)25-10-12-38(40,41)13-11-25/h3-9,15,17,25,28,31,46H,10-14,16,18-23,43H2,1-2H3,(H2,42,45). The Bertz CT molecular complexity index is 1830. The molecule has 0 radical (unpaired) electrons. The fourth-order valence-electron chi connectivity index (χ4n) is 8.46. The molecule has 2 aliphatic heterocycles. The Kier molecular flexibility index (Phi) is 9.57. The van der Waals surface area contributed by atoms with Crippen molar-refractivity contribution in [1.29, 1.82) is 0 Å². The Morgan fingerprint density at radius 1 is 1.06 bits per heavy atom. The van der Waals surface area contributed by atoms with Crippen LogP contribution < -0.4 is 17.1 Å². The zero-order chi connectivity index (χ0) is 36.8. The molecule has 2 saturated carbocycles. The van der Waals surface area contributed by atoms with Crippen LogP contribution in [-0.2, 0) is 22.7 Å². The molecule has 2 aromatic carbocycles. The second kappa shape index (κ2) is 13.8. The molecule has 2 aliphatic carbocycles. The summed E-state index contributed by atoms with van der Waals surface area (Å²) in [6.07, 6.45) is 4.44. The molecule has 52 heavy (non-hydrogen) atoms. The van der Waals surface area contributed by atoms with Gasteiger partial charge in [-0.25, -0.2) is 24.5 Å². The van der Waals surface area contributed by atoms with Gasteiger partial charge in [-0.1, -0.05) is 44.2 Å². The van der Waals surface area contributed by atoms with E-state index >= 15 is 0 Å². The first kappa shape index (κ1) is 36.0. The smallest absolute Gasteiger partial charge is 0.257 e. The number of hydrazine groups is 1. The largest absolute Gasteiger partial charge is 0.382 e. The lowest BCUT2D eigenvalue weighted by atomic mass is 9.71. The Morgan fingerprint density at radius 2 is 1.75 bits per heavy atom. The highest BCUT2D eigenvalue weighted by atomic mass is 19.3. The van der Waals surface area contributed by atoms with Crippen molar-refractivity contribution in [3.63, 3.8) is 0 Å². The third-order valence-electron chi connectivity index (χ3n) is 11.7. The summed E-state index contributed by atoms with van der Waals surface area (Å²) < 4.78 is 49.5. The Balaban J connectivity index is 1.06. The van der Waals surface area contributed by atoms with E-state index in [-0.39, 0.29) is 71.5 Å². The number of hydrazone groups is 1.